The number of halogens is 9. The molecular weight excluding hydrogens is 584 g/mol. The maximum absolute atomic E-state index is 13.5. The van der Waals surface area contributed by atoms with Crippen molar-refractivity contribution in [1.82, 2.24) is 19.5 Å². The van der Waals surface area contributed by atoms with E-state index in [1.54, 1.807) is 0 Å². The number of carbonyl (C=O) groups excluding carboxylic acids is 1. The molecule has 0 spiro atoms. The fourth-order valence-corrected chi connectivity index (χ4v) is 3.82. The number of alkyl halides is 6. The minimum absolute atomic E-state index is 0.00761. The number of anilines is 3. The molecule has 1 amide bonds. The summed E-state index contributed by atoms with van der Waals surface area (Å²) >= 11 is 12.1. The van der Waals surface area contributed by atoms with E-state index >= 15 is 0 Å². The SMILES string of the molecule is Cn1c(Nc2c(Cl)cc(F)cc2Cl)nc2cc(C(=O)Nc3cc(C(F)(F)F)ccn3)c(OCC(F)(F)F)nc21. The van der Waals surface area contributed by atoms with Crippen LogP contribution in [0.3, 0.4) is 0 Å². The zero-order valence-corrected chi connectivity index (χ0v) is 20.7. The van der Waals surface area contributed by atoms with Crippen molar-refractivity contribution in [2.75, 3.05) is 17.2 Å². The normalized spacial score (nSPS) is 12.1. The van der Waals surface area contributed by atoms with E-state index in [0.717, 1.165) is 24.4 Å². The third kappa shape index (κ3) is 6.42. The van der Waals surface area contributed by atoms with Gasteiger partial charge in [0.25, 0.3) is 5.91 Å². The molecule has 0 aliphatic rings. The first-order valence-electron chi connectivity index (χ1n) is 10.5. The number of fused-ring (bicyclic) bond motifs is 1. The van der Waals surface area contributed by atoms with Crippen molar-refractivity contribution in [2.45, 2.75) is 12.4 Å². The van der Waals surface area contributed by atoms with Gasteiger partial charge in [-0.2, -0.15) is 31.3 Å². The number of benzene rings is 1. The number of pyridine rings is 2. The Morgan fingerprint density at radius 2 is 1.72 bits per heavy atom. The molecule has 0 saturated heterocycles. The average molecular weight is 597 g/mol. The Kier molecular flexibility index (Phi) is 7.49. The van der Waals surface area contributed by atoms with Crippen molar-refractivity contribution in [3.05, 3.63) is 63.5 Å². The summed E-state index contributed by atoms with van der Waals surface area (Å²) in [4.78, 5) is 24.7. The van der Waals surface area contributed by atoms with Crippen LogP contribution in [0, 0.1) is 5.82 Å². The minimum atomic E-state index is -4.80. The van der Waals surface area contributed by atoms with Crippen molar-refractivity contribution in [3.63, 3.8) is 0 Å². The standard InChI is InChI=1S/C22H13Cl2F7N6O2/c1-37-17-14(33-20(37)35-16-12(23)5-10(25)6-13(16)24)7-11(19(36-17)39-8-21(26,27)28)18(38)34-15-4-9(2-3-32-15)22(29,30)31/h2-7H,8H2,1H3,(H,33,35)(H,32,34,38). The number of rotatable bonds is 6. The predicted molar refractivity (Wildman–Crippen MR) is 127 cm³/mol. The van der Waals surface area contributed by atoms with E-state index < -0.39 is 53.5 Å². The van der Waals surface area contributed by atoms with Crippen LogP contribution in [-0.2, 0) is 13.2 Å². The van der Waals surface area contributed by atoms with Gasteiger partial charge in [0.15, 0.2) is 12.3 Å². The first-order chi connectivity index (χ1) is 18.1. The lowest BCUT2D eigenvalue weighted by Gasteiger charge is -2.13. The number of hydrogen-bond donors (Lipinski definition) is 2. The Morgan fingerprint density at radius 1 is 1.05 bits per heavy atom. The van der Waals surface area contributed by atoms with E-state index in [1.165, 1.54) is 11.6 Å². The molecule has 0 aliphatic heterocycles. The highest BCUT2D eigenvalue weighted by molar-refractivity contribution is 6.39. The predicted octanol–water partition coefficient (Wildman–Crippen LogP) is 6.77. The average Bonchev–Trinajstić information content (AvgIpc) is 3.12. The lowest BCUT2D eigenvalue weighted by molar-refractivity contribution is -0.154. The number of amides is 1. The summed E-state index contributed by atoms with van der Waals surface area (Å²) in [5.41, 5.74) is -1.73. The molecule has 3 aromatic heterocycles. The molecule has 1 aromatic carbocycles. The lowest BCUT2D eigenvalue weighted by Crippen LogP contribution is -2.22. The lowest BCUT2D eigenvalue weighted by atomic mass is 10.2. The Labute approximate surface area is 223 Å². The van der Waals surface area contributed by atoms with Gasteiger partial charge in [-0.1, -0.05) is 23.2 Å². The van der Waals surface area contributed by atoms with Gasteiger partial charge in [0.2, 0.25) is 11.8 Å². The van der Waals surface area contributed by atoms with E-state index in [-0.39, 0.29) is 32.8 Å². The number of nitrogens with one attached hydrogen (secondary N) is 2. The Bertz CT molecular complexity index is 1550. The van der Waals surface area contributed by atoms with Crippen LogP contribution in [0.5, 0.6) is 5.88 Å². The summed E-state index contributed by atoms with van der Waals surface area (Å²) in [6, 6.07) is 4.19. The Balaban J connectivity index is 1.75. The second kappa shape index (κ2) is 10.4. The number of imidazole rings is 1. The van der Waals surface area contributed by atoms with Crippen molar-refractivity contribution >= 4 is 57.7 Å². The van der Waals surface area contributed by atoms with Gasteiger partial charge in [0, 0.05) is 13.2 Å². The molecule has 39 heavy (non-hydrogen) atoms. The molecule has 4 aromatic rings. The molecule has 3 heterocycles. The zero-order valence-electron chi connectivity index (χ0n) is 19.2. The quantitative estimate of drug-likeness (QED) is 0.239. The molecule has 0 unspecified atom stereocenters. The smallest absolute Gasteiger partial charge is 0.422 e. The molecular formula is C22H13Cl2F7N6O2. The molecule has 0 radical (unpaired) electrons. The fourth-order valence-electron chi connectivity index (χ4n) is 3.26. The third-order valence-electron chi connectivity index (χ3n) is 5.00. The summed E-state index contributed by atoms with van der Waals surface area (Å²) in [5.74, 6) is -3.19. The van der Waals surface area contributed by atoms with Gasteiger partial charge in [0.05, 0.1) is 21.3 Å². The summed E-state index contributed by atoms with van der Waals surface area (Å²) in [5, 5.41) is 4.62. The van der Waals surface area contributed by atoms with Gasteiger partial charge < -0.3 is 15.4 Å². The summed E-state index contributed by atoms with van der Waals surface area (Å²) in [7, 11) is 1.41. The van der Waals surface area contributed by atoms with Crippen LogP contribution in [0.25, 0.3) is 11.2 Å². The molecule has 2 N–H and O–H groups in total. The third-order valence-corrected chi connectivity index (χ3v) is 5.60. The van der Waals surface area contributed by atoms with Crippen LogP contribution < -0.4 is 15.4 Å². The second-order valence-corrected chi connectivity index (χ2v) is 8.65. The van der Waals surface area contributed by atoms with Crippen molar-refractivity contribution in [3.8, 4) is 5.88 Å². The van der Waals surface area contributed by atoms with E-state index in [4.69, 9.17) is 27.9 Å². The van der Waals surface area contributed by atoms with Crippen LogP contribution >= 0.6 is 23.2 Å². The van der Waals surface area contributed by atoms with Crippen LogP contribution in [0.2, 0.25) is 10.0 Å². The van der Waals surface area contributed by atoms with Crippen molar-refractivity contribution in [2.24, 2.45) is 7.05 Å². The van der Waals surface area contributed by atoms with E-state index in [9.17, 15) is 35.5 Å². The molecule has 0 fully saturated rings. The minimum Gasteiger partial charge on any atom is -0.467 e. The fraction of sp³-hybridized carbons (Fsp3) is 0.182. The Hall–Kier alpha value is -3.85. The molecule has 0 saturated carbocycles. The molecule has 0 bridgehead atoms. The molecule has 206 valence electrons. The number of aromatic nitrogens is 4. The van der Waals surface area contributed by atoms with Gasteiger partial charge in [-0.05, 0) is 30.3 Å². The number of hydrogen-bond acceptors (Lipinski definition) is 6. The number of nitrogens with zero attached hydrogens (tertiary/aromatic N) is 4. The first kappa shape index (κ1) is 28.2. The molecule has 0 aliphatic carbocycles. The first-order valence-corrected chi connectivity index (χ1v) is 11.2. The largest absolute Gasteiger partial charge is 0.467 e. The molecule has 0 atom stereocenters. The van der Waals surface area contributed by atoms with Crippen LogP contribution in [0.15, 0.2) is 36.5 Å². The van der Waals surface area contributed by atoms with Crippen LogP contribution in [-0.4, -0.2) is 38.2 Å². The van der Waals surface area contributed by atoms with Crippen molar-refractivity contribution < 1.29 is 40.3 Å². The van der Waals surface area contributed by atoms with Gasteiger partial charge in [0.1, 0.15) is 22.7 Å². The zero-order chi connectivity index (χ0) is 28.7. The van der Waals surface area contributed by atoms with E-state index in [1.807, 2.05) is 0 Å². The molecule has 17 heteroatoms. The summed E-state index contributed by atoms with van der Waals surface area (Å²) < 4.78 is 97.2. The topological polar surface area (TPSA) is 94.0 Å². The van der Waals surface area contributed by atoms with Crippen molar-refractivity contribution in [1.29, 1.82) is 0 Å². The monoisotopic (exact) mass is 596 g/mol. The van der Waals surface area contributed by atoms with E-state index in [2.05, 4.69) is 25.6 Å². The summed E-state index contributed by atoms with van der Waals surface area (Å²) in [6.07, 6.45) is -8.75. The summed E-state index contributed by atoms with van der Waals surface area (Å²) in [6.45, 7) is -1.82. The van der Waals surface area contributed by atoms with Gasteiger partial charge >= 0.3 is 12.4 Å². The highest BCUT2D eigenvalue weighted by Gasteiger charge is 2.32. The number of aryl methyl sites for hydroxylation is 1. The van der Waals surface area contributed by atoms with Gasteiger partial charge in [-0.25, -0.2) is 14.4 Å². The van der Waals surface area contributed by atoms with Gasteiger partial charge in [-0.3, -0.25) is 9.36 Å². The molecule has 4 rings (SSSR count). The Morgan fingerprint density at radius 3 is 2.33 bits per heavy atom. The second-order valence-electron chi connectivity index (χ2n) is 7.83. The van der Waals surface area contributed by atoms with Crippen LogP contribution in [0.4, 0.5) is 48.2 Å². The van der Waals surface area contributed by atoms with Gasteiger partial charge in [-0.15, -0.1) is 0 Å². The van der Waals surface area contributed by atoms with Crippen LogP contribution in [0.1, 0.15) is 15.9 Å². The maximum atomic E-state index is 13.5. The highest BCUT2D eigenvalue weighted by atomic mass is 35.5. The van der Waals surface area contributed by atoms with E-state index in [0.29, 0.717) is 12.1 Å². The number of ether oxygens (including phenoxy) is 1. The molecule has 8 nitrogen and oxygen atoms in total. The number of carbonyl (C=O) groups is 1. The maximum Gasteiger partial charge on any atom is 0.422 e. The highest BCUT2D eigenvalue weighted by Crippen LogP contribution is 2.35.